The van der Waals surface area contributed by atoms with E-state index in [-0.39, 0.29) is 23.6 Å². The largest absolute Gasteiger partial charge is 0.490 e. The van der Waals surface area contributed by atoms with E-state index < -0.39 is 5.25 Å². The lowest BCUT2D eigenvalue weighted by atomic mass is 10.1. The van der Waals surface area contributed by atoms with Gasteiger partial charge < -0.3 is 9.47 Å². The van der Waals surface area contributed by atoms with Gasteiger partial charge in [-0.25, -0.2) is 4.39 Å². The number of carbonyl (C=O) groups is 2. The summed E-state index contributed by atoms with van der Waals surface area (Å²) in [5, 5.41) is -0.638. The Kier molecular flexibility index (Phi) is 7.18. The van der Waals surface area contributed by atoms with Crippen LogP contribution in [0.5, 0.6) is 11.5 Å². The van der Waals surface area contributed by atoms with Crippen LogP contribution in [0.4, 0.5) is 9.18 Å². The second-order valence-electron chi connectivity index (χ2n) is 6.41. The van der Waals surface area contributed by atoms with Crippen LogP contribution in [0.1, 0.15) is 25.0 Å². The second-order valence-corrected chi connectivity index (χ2v) is 8.42. The highest BCUT2D eigenvalue weighted by Crippen LogP contribution is 2.39. The number of hydrogen-bond acceptors (Lipinski definition) is 5. The molecule has 3 rings (SSSR count). The molecule has 2 amide bonds. The van der Waals surface area contributed by atoms with Crippen LogP contribution >= 0.6 is 27.7 Å². The topological polar surface area (TPSA) is 55.8 Å². The maximum absolute atomic E-state index is 13.1. The number of carbonyl (C=O) groups excluding carboxylic acids is 2. The standard InChI is InChI=1S/C21H21BrFNO4S/c1-3-24-20(25)18(29-21(24)26)11-14-9-16(22)19(17(10-14)27-4-2)28-12-13-5-7-15(23)8-6-13/h5-10,18H,3-4,11-12H2,1-2H3/t18-/m1/s1. The van der Waals surface area contributed by atoms with E-state index in [1.165, 1.54) is 17.0 Å². The Balaban J connectivity index is 1.78. The van der Waals surface area contributed by atoms with E-state index in [0.717, 1.165) is 22.9 Å². The Hall–Kier alpha value is -2.06. The first-order chi connectivity index (χ1) is 13.9. The number of amides is 2. The molecule has 0 aliphatic carbocycles. The fraction of sp³-hybridized carbons (Fsp3) is 0.333. The average molecular weight is 482 g/mol. The monoisotopic (exact) mass is 481 g/mol. The highest BCUT2D eigenvalue weighted by molar-refractivity contribution is 9.10. The van der Waals surface area contributed by atoms with Crippen LogP contribution in [0.2, 0.25) is 0 Å². The molecule has 1 aliphatic rings. The van der Waals surface area contributed by atoms with Gasteiger partial charge in [0.25, 0.3) is 5.24 Å². The molecule has 0 saturated carbocycles. The van der Waals surface area contributed by atoms with Crippen LogP contribution in [0.15, 0.2) is 40.9 Å². The molecule has 1 heterocycles. The van der Waals surface area contributed by atoms with Gasteiger partial charge >= 0.3 is 0 Å². The van der Waals surface area contributed by atoms with Crippen molar-refractivity contribution in [1.29, 1.82) is 0 Å². The van der Waals surface area contributed by atoms with Crippen LogP contribution in [0.25, 0.3) is 0 Å². The summed E-state index contributed by atoms with van der Waals surface area (Å²) in [4.78, 5) is 25.6. The summed E-state index contributed by atoms with van der Waals surface area (Å²) in [6.45, 7) is 4.75. The SMILES string of the molecule is CCOc1cc(C[C@H]2SC(=O)N(CC)C2=O)cc(Br)c1OCc1ccc(F)cc1. The molecule has 2 aromatic carbocycles. The second kappa shape index (κ2) is 9.63. The lowest BCUT2D eigenvalue weighted by Gasteiger charge is -2.16. The van der Waals surface area contributed by atoms with Gasteiger partial charge in [0.1, 0.15) is 12.4 Å². The van der Waals surface area contributed by atoms with Crippen LogP contribution in [0, 0.1) is 5.82 Å². The minimum atomic E-state index is -0.435. The molecule has 5 nitrogen and oxygen atoms in total. The molecule has 1 aliphatic heterocycles. The highest BCUT2D eigenvalue weighted by Gasteiger charge is 2.38. The van der Waals surface area contributed by atoms with E-state index in [4.69, 9.17) is 9.47 Å². The zero-order valence-electron chi connectivity index (χ0n) is 16.1. The number of ether oxygens (including phenoxy) is 2. The van der Waals surface area contributed by atoms with Crippen LogP contribution in [-0.2, 0) is 17.8 Å². The van der Waals surface area contributed by atoms with E-state index in [1.807, 2.05) is 19.1 Å². The highest BCUT2D eigenvalue weighted by atomic mass is 79.9. The number of rotatable bonds is 8. The molecule has 1 fully saturated rings. The van der Waals surface area contributed by atoms with Crippen LogP contribution in [0.3, 0.4) is 0 Å². The molecule has 8 heteroatoms. The Morgan fingerprint density at radius 3 is 2.45 bits per heavy atom. The minimum absolute atomic E-state index is 0.159. The molecule has 0 radical (unpaired) electrons. The van der Waals surface area contributed by atoms with Gasteiger partial charge in [-0.2, -0.15) is 0 Å². The lowest BCUT2D eigenvalue weighted by Crippen LogP contribution is -2.31. The van der Waals surface area contributed by atoms with Crippen molar-refractivity contribution in [1.82, 2.24) is 4.90 Å². The van der Waals surface area contributed by atoms with E-state index in [2.05, 4.69) is 15.9 Å². The van der Waals surface area contributed by atoms with Crippen molar-refractivity contribution in [2.45, 2.75) is 32.1 Å². The fourth-order valence-electron chi connectivity index (χ4n) is 3.01. The van der Waals surface area contributed by atoms with Crippen molar-refractivity contribution >= 4 is 38.8 Å². The molecule has 29 heavy (non-hydrogen) atoms. The smallest absolute Gasteiger partial charge is 0.289 e. The fourth-order valence-corrected chi connectivity index (χ4v) is 4.70. The van der Waals surface area contributed by atoms with Crippen LogP contribution in [-0.4, -0.2) is 34.4 Å². The number of nitrogens with zero attached hydrogens (tertiary/aromatic N) is 1. The van der Waals surface area contributed by atoms with Crippen molar-refractivity contribution in [3.05, 3.63) is 57.8 Å². The molecule has 1 saturated heterocycles. The Morgan fingerprint density at radius 1 is 1.10 bits per heavy atom. The van der Waals surface area contributed by atoms with E-state index in [0.29, 0.717) is 35.5 Å². The van der Waals surface area contributed by atoms with Gasteiger partial charge in [-0.15, -0.1) is 0 Å². The molecule has 0 N–H and O–H groups in total. The van der Waals surface area contributed by atoms with E-state index in [1.54, 1.807) is 19.1 Å². The normalized spacial score (nSPS) is 16.4. The Bertz CT molecular complexity index is 906. The maximum Gasteiger partial charge on any atom is 0.289 e. The quantitative estimate of drug-likeness (QED) is 0.518. The van der Waals surface area contributed by atoms with E-state index >= 15 is 0 Å². The summed E-state index contributed by atoms with van der Waals surface area (Å²) in [5.74, 6) is 0.631. The summed E-state index contributed by atoms with van der Waals surface area (Å²) in [6, 6.07) is 9.81. The molecule has 0 bridgehead atoms. The lowest BCUT2D eigenvalue weighted by molar-refractivity contribution is -0.126. The number of benzene rings is 2. The molecule has 0 spiro atoms. The van der Waals surface area contributed by atoms with Gasteiger partial charge in [0.15, 0.2) is 11.5 Å². The van der Waals surface area contributed by atoms with E-state index in [9.17, 15) is 14.0 Å². The molecule has 0 unspecified atom stereocenters. The average Bonchev–Trinajstić information content (AvgIpc) is 2.95. The zero-order valence-corrected chi connectivity index (χ0v) is 18.5. The predicted octanol–water partition coefficient (Wildman–Crippen LogP) is 5.19. The molecule has 2 aromatic rings. The molecule has 0 aromatic heterocycles. The van der Waals surface area contributed by atoms with Gasteiger partial charge in [-0.3, -0.25) is 14.5 Å². The first-order valence-corrected chi connectivity index (χ1v) is 10.9. The number of imide groups is 1. The number of hydrogen-bond donors (Lipinski definition) is 0. The Labute approximate surface area is 181 Å². The summed E-state index contributed by atoms with van der Waals surface area (Å²) in [5.41, 5.74) is 1.70. The van der Waals surface area contributed by atoms with Gasteiger partial charge in [0.05, 0.1) is 16.3 Å². The summed E-state index contributed by atoms with van der Waals surface area (Å²) >= 11 is 4.58. The minimum Gasteiger partial charge on any atom is -0.490 e. The first-order valence-electron chi connectivity index (χ1n) is 9.27. The summed E-state index contributed by atoms with van der Waals surface area (Å²) in [7, 11) is 0. The van der Waals surface area contributed by atoms with Crippen molar-refractivity contribution < 1.29 is 23.5 Å². The number of thioether (sulfide) groups is 1. The molecular formula is C21H21BrFNO4S. The number of halogens is 2. The third kappa shape index (κ3) is 5.11. The third-order valence-corrected chi connectivity index (χ3v) is 6.07. The van der Waals surface area contributed by atoms with Crippen molar-refractivity contribution in [2.75, 3.05) is 13.2 Å². The molecular weight excluding hydrogens is 461 g/mol. The van der Waals surface area contributed by atoms with Crippen molar-refractivity contribution in [3.8, 4) is 11.5 Å². The van der Waals surface area contributed by atoms with Crippen molar-refractivity contribution in [2.24, 2.45) is 0 Å². The van der Waals surface area contributed by atoms with Gasteiger partial charge in [-0.05, 0) is 71.6 Å². The van der Waals surface area contributed by atoms with Gasteiger partial charge in [0, 0.05) is 6.54 Å². The van der Waals surface area contributed by atoms with Crippen molar-refractivity contribution in [3.63, 3.8) is 0 Å². The van der Waals surface area contributed by atoms with Gasteiger partial charge in [-0.1, -0.05) is 23.9 Å². The maximum atomic E-state index is 13.1. The molecule has 1 atom stereocenters. The summed E-state index contributed by atoms with van der Waals surface area (Å²) in [6.07, 6.45) is 0.419. The Morgan fingerprint density at radius 2 is 1.83 bits per heavy atom. The van der Waals surface area contributed by atoms with Crippen LogP contribution < -0.4 is 9.47 Å². The predicted molar refractivity (Wildman–Crippen MR) is 114 cm³/mol. The van der Waals surface area contributed by atoms with Gasteiger partial charge in [0.2, 0.25) is 5.91 Å². The zero-order chi connectivity index (χ0) is 21.0. The molecule has 154 valence electrons. The summed E-state index contributed by atoms with van der Waals surface area (Å²) < 4.78 is 25.4. The third-order valence-electron chi connectivity index (χ3n) is 4.41. The first kappa shape index (κ1) is 21.6.